The van der Waals surface area contributed by atoms with Gasteiger partial charge < -0.3 is 4.74 Å². The van der Waals surface area contributed by atoms with Gasteiger partial charge in [-0.3, -0.25) is 14.9 Å². The van der Waals surface area contributed by atoms with Crippen molar-refractivity contribution in [3.05, 3.63) is 44.2 Å². The van der Waals surface area contributed by atoms with Crippen LogP contribution in [-0.4, -0.2) is 24.5 Å². The normalized spacial score (nSPS) is 11.9. The first kappa shape index (κ1) is 14.6. The van der Waals surface area contributed by atoms with Gasteiger partial charge in [-0.1, -0.05) is 22.0 Å². The Kier molecular flexibility index (Phi) is 5.21. The molecular weight excluding hydrogens is 309 g/mol. The Labute approximate surface area is 111 Å². The molecule has 5 nitrogen and oxygen atoms in total. The number of benzene rings is 1. The zero-order chi connectivity index (χ0) is 13.7. The number of hydrogen-bond acceptors (Lipinski definition) is 4. The molecule has 0 heterocycles. The molecule has 1 unspecified atom stereocenters. The van der Waals surface area contributed by atoms with Crippen molar-refractivity contribution in [2.45, 2.75) is 12.3 Å². The first-order chi connectivity index (χ1) is 8.45. The lowest BCUT2D eigenvalue weighted by atomic mass is 9.95. The summed E-state index contributed by atoms with van der Waals surface area (Å²) >= 11 is 3.13. The van der Waals surface area contributed by atoms with E-state index in [9.17, 15) is 19.3 Å². The van der Waals surface area contributed by atoms with Gasteiger partial charge in [0.1, 0.15) is 5.82 Å². The Morgan fingerprint density at radius 1 is 1.61 bits per heavy atom. The molecule has 0 aliphatic rings. The molecule has 0 saturated heterocycles. The summed E-state index contributed by atoms with van der Waals surface area (Å²) in [5.41, 5.74) is 0.125. The molecule has 7 heteroatoms. The first-order valence-electron chi connectivity index (χ1n) is 5.08. The first-order valence-corrected chi connectivity index (χ1v) is 5.87. The number of esters is 1. The number of nitrogens with zero attached hydrogens (tertiary/aromatic N) is 1. The van der Waals surface area contributed by atoms with Crippen molar-refractivity contribution in [3.63, 3.8) is 0 Å². The molecule has 0 spiro atoms. The van der Waals surface area contributed by atoms with Crippen LogP contribution < -0.4 is 0 Å². The van der Waals surface area contributed by atoms with E-state index < -0.39 is 29.2 Å². The van der Waals surface area contributed by atoms with Crippen LogP contribution in [0, 0.1) is 15.9 Å². The maximum absolute atomic E-state index is 13.7. The highest BCUT2D eigenvalue weighted by molar-refractivity contribution is 9.10. The minimum Gasteiger partial charge on any atom is -0.469 e. The van der Waals surface area contributed by atoms with Gasteiger partial charge in [-0.25, -0.2) is 4.39 Å². The van der Waals surface area contributed by atoms with Gasteiger partial charge in [-0.2, -0.15) is 0 Å². The minimum atomic E-state index is -0.858. The van der Waals surface area contributed by atoms with Gasteiger partial charge in [0.05, 0.1) is 19.4 Å². The number of halogens is 2. The molecule has 0 aromatic heterocycles. The summed E-state index contributed by atoms with van der Waals surface area (Å²) in [5, 5.41) is 10.6. The molecule has 18 heavy (non-hydrogen) atoms. The SMILES string of the molecule is COC(=O)CC(C[N+](=O)[O-])c1c(F)cccc1Br. The molecule has 98 valence electrons. The van der Waals surface area contributed by atoms with Gasteiger partial charge >= 0.3 is 5.97 Å². The number of carbonyl (C=O) groups excluding carboxylic acids is 1. The quantitative estimate of drug-likeness (QED) is 0.475. The Bertz CT molecular complexity index is 446. The van der Waals surface area contributed by atoms with E-state index in [-0.39, 0.29) is 12.0 Å². The predicted octanol–water partition coefficient (Wildman–Crippen LogP) is 2.51. The van der Waals surface area contributed by atoms with E-state index in [1.165, 1.54) is 19.2 Å². The van der Waals surface area contributed by atoms with Crippen molar-refractivity contribution >= 4 is 21.9 Å². The van der Waals surface area contributed by atoms with Crippen LogP contribution >= 0.6 is 15.9 Å². The number of methoxy groups -OCH3 is 1. The highest BCUT2D eigenvalue weighted by atomic mass is 79.9. The van der Waals surface area contributed by atoms with E-state index >= 15 is 0 Å². The van der Waals surface area contributed by atoms with Crippen molar-refractivity contribution in [1.82, 2.24) is 0 Å². The molecule has 0 amide bonds. The molecule has 0 aliphatic heterocycles. The lowest BCUT2D eigenvalue weighted by molar-refractivity contribution is -0.483. The van der Waals surface area contributed by atoms with E-state index in [0.29, 0.717) is 4.47 Å². The third-order valence-electron chi connectivity index (χ3n) is 2.42. The summed E-state index contributed by atoms with van der Waals surface area (Å²) < 4.78 is 18.6. The van der Waals surface area contributed by atoms with Gasteiger partial charge in [-0.05, 0) is 12.1 Å². The molecule has 1 aromatic rings. The summed E-state index contributed by atoms with van der Waals surface area (Å²) in [6.45, 7) is -0.533. The fraction of sp³-hybridized carbons (Fsp3) is 0.364. The number of rotatable bonds is 5. The molecule has 0 fully saturated rings. The highest BCUT2D eigenvalue weighted by Crippen LogP contribution is 2.30. The molecule has 0 saturated carbocycles. The molecular formula is C11H11BrFNO4. The Morgan fingerprint density at radius 3 is 2.78 bits per heavy atom. The predicted molar refractivity (Wildman–Crippen MR) is 65.3 cm³/mol. The maximum atomic E-state index is 13.7. The van der Waals surface area contributed by atoms with E-state index in [1.807, 2.05) is 0 Å². The third-order valence-corrected chi connectivity index (χ3v) is 3.11. The largest absolute Gasteiger partial charge is 0.469 e. The third kappa shape index (κ3) is 3.76. The van der Waals surface area contributed by atoms with Gasteiger partial charge in [0.2, 0.25) is 6.54 Å². The van der Waals surface area contributed by atoms with Gasteiger partial charge in [0, 0.05) is 15.0 Å². The summed E-state index contributed by atoms with van der Waals surface area (Å²) in [6.07, 6.45) is -0.239. The second-order valence-corrected chi connectivity index (χ2v) is 4.48. The molecule has 1 aromatic carbocycles. The summed E-state index contributed by atoms with van der Waals surface area (Å²) in [7, 11) is 1.18. The lowest BCUT2D eigenvalue weighted by Gasteiger charge is -2.14. The van der Waals surface area contributed by atoms with Crippen LogP contribution in [0.2, 0.25) is 0 Å². The Balaban J connectivity index is 3.08. The van der Waals surface area contributed by atoms with Crippen LogP contribution in [0.25, 0.3) is 0 Å². The summed E-state index contributed by atoms with van der Waals surface area (Å²) in [6, 6.07) is 4.25. The Hall–Kier alpha value is -1.50. The molecule has 0 N–H and O–H groups in total. The van der Waals surface area contributed by atoms with Crippen LogP contribution in [0.1, 0.15) is 17.9 Å². The molecule has 1 atom stereocenters. The van der Waals surface area contributed by atoms with Crippen LogP contribution in [0.4, 0.5) is 4.39 Å². The highest BCUT2D eigenvalue weighted by Gasteiger charge is 2.26. The minimum absolute atomic E-state index is 0.125. The topological polar surface area (TPSA) is 69.4 Å². The second-order valence-electron chi connectivity index (χ2n) is 3.63. The maximum Gasteiger partial charge on any atom is 0.306 e. The van der Waals surface area contributed by atoms with Gasteiger partial charge in [0.25, 0.3) is 0 Å². The zero-order valence-corrected chi connectivity index (χ0v) is 11.1. The summed E-state index contributed by atoms with van der Waals surface area (Å²) in [4.78, 5) is 21.2. The van der Waals surface area contributed by atoms with Crippen LogP contribution in [-0.2, 0) is 9.53 Å². The standard InChI is InChI=1S/C11H11BrFNO4/c1-18-10(15)5-7(6-14(16)17)11-8(12)3-2-4-9(11)13/h2-4,7H,5-6H2,1H3. The van der Waals surface area contributed by atoms with Gasteiger partial charge in [-0.15, -0.1) is 0 Å². The van der Waals surface area contributed by atoms with Crippen LogP contribution in [0.3, 0.4) is 0 Å². The molecule has 0 bridgehead atoms. The number of hydrogen-bond donors (Lipinski definition) is 0. The molecule has 0 aliphatic carbocycles. The smallest absolute Gasteiger partial charge is 0.306 e. The fourth-order valence-electron chi connectivity index (χ4n) is 1.62. The van der Waals surface area contributed by atoms with Crippen LogP contribution in [0.5, 0.6) is 0 Å². The lowest BCUT2D eigenvalue weighted by Crippen LogP contribution is -2.18. The molecule has 0 radical (unpaired) electrons. The van der Waals surface area contributed by atoms with Crippen molar-refractivity contribution in [1.29, 1.82) is 0 Å². The van der Waals surface area contributed by atoms with Crippen molar-refractivity contribution < 1.29 is 18.8 Å². The fourth-order valence-corrected chi connectivity index (χ4v) is 2.29. The Morgan fingerprint density at radius 2 is 2.28 bits per heavy atom. The average molecular weight is 320 g/mol. The number of nitro groups is 1. The van der Waals surface area contributed by atoms with Crippen molar-refractivity contribution in [2.75, 3.05) is 13.7 Å². The van der Waals surface area contributed by atoms with E-state index in [0.717, 1.165) is 0 Å². The second kappa shape index (κ2) is 6.44. The number of carbonyl (C=O) groups is 1. The van der Waals surface area contributed by atoms with E-state index in [2.05, 4.69) is 20.7 Å². The van der Waals surface area contributed by atoms with Crippen molar-refractivity contribution in [3.8, 4) is 0 Å². The van der Waals surface area contributed by atoms with Crippen LogP contribution in [0.15, 0.2) is 22.7 Å². The molecule has 1 rings (SSSR count). The summed E-state index contributed by atoms with van der Waals surface area (Å²) in [5.74, 6) is -2.06. The zero-order valence-electron chi connectivity index (χ0n) is 9.56. The monoisotopic (exact) mass is 319 g/mol. The average Bonchev–Trinajstić information content (AvgIpc) is 2.27. The van der Waals surface area contributed by atoms with Gasteiger partial charge in [0.15, 0.2) is 0 Å². The van der Waals surface area contributed by atoms with E-state index in [1.54, 1.807) is 6.07 Å². The van der Waals surface area contributed by atoms with E-state index in [4.69, 9.17) is 0 Å². The number of ether oxygens (including phenoxy) is 1. The van der Waals surface area contributed by atoms with Crippen molar-refractivity contribution in [2.24, 2.45) is 0 Å².